The highest BCUT2D eigenvalue weighted by molar-refractivity contribution is 7.89. The number of hydrogen-bond donors (Lipinski definition) is 0. The maximum Gasteiger partial charge on any atom is 0.339 e. The normalized spacial score (nSPS) is 15.0. The van der Waals surface area contributed by atoms with Crippen LogP contribution in [0.2, 0.25) is 0 Å². The minimum atomic E-state index is -4.00. The van der Waals surface area contributed by atoms with E-state index in [2.05, 4.69) is 14.2 Å². The van der Waals surface area contributed by atoms with E-state index < -0.39 is 52.8 Å². The Morgan fingerprint density at radius 3 is 1.97 bits per heavy atom. The molecule has 1 aromatic rings. The number of carbonyl (C=O) groups is 4. The Labute approximate surface area is 186 Å². The zero-order valence-electron chi connectivity index (χ0n) is 18.1. The summed E-state index contributed by atoms with van der Waals surface area (Å²) in [5.41, 5.74) is -0.0736. The van der Waals surface area contributed by atoms with E-state index in [1.807, 2.05) is 0 Å². The lowest BCUT2D eigenvalue weighted by Crippen LogP contribution is -2.47. The van der Waals surface area contributed by atoms with Crippen LogP contribution in [-0.2, 0) is 38.6 Å². The van der Waals surface area contributed by atoms with Gasteiger partial charge in [0.15, 0.2) is 0 Å². The Hall–Kier alpha value is -2.99. The van der Waals surface area contributed by atoms with Gasteiger partial charge >= 0.3 is 17.9 Å². The topological polar surface area (TPSA) is 137 Å². The lowest BCUT2D eigenvalue weighted by molar-refractivity contribution is -0.154. The molecule has 0 unspecified atom stereocenters. The van der Waals surface area contributed by atoms with E-state index in [4.69, 9.17) is 0 Å². The number of esters is 3. The first kappa shape index (κ1) is 25.3. The number of carbonyl (C=O) groups excluding carboxylic acids is 4. The molecule has 0 saturated carbocycles. The van der Waals surface area contributed by atoms with Crippen LogP contribution >= 0.6 is 0 Å². The van der Waals surface area contributed by atoms with Gasteiger partial charge in [0.1, 0.15) is 13.1 Å². The predicted molar refractivity (Wildman–Crippen MR) is 110 cm³/mol. The molecule has 32 heavy (non-hydrogen) atoms. The highest BCUT2D eigenvalue weighted by Crippen LogP contribution is 2.27. The van der Waals surface area contributed by atoms with Gasteiger partial charge in [-0.2, -0.15) is 4.31 Å². The molecule has 0 atom stereocenters. The van der Waals surface area contributed by atoms with Gasteiger partial charge in [-0.15, -0.1) is 0 Å². The molecule has 2 rings (SSSR count). The predicted octanol–water partition coefficient (Wildman–Crippen LogP) is 0.0485. The van der Waals surface area contributed by atoms with Crippen molar-refractivity contribution in [3.05, 3.63) is 29.8 Å². The SMILES string of the molecule is COC(=O)CN(CC(=O)OC)C(=O)C1CCN(S(=O)(=O)c2ccccc2C(=O)OC)CC1. The van der Waals surface area contributed by atoms with Crippen molar-refractivity contribution < 1.29 is 41.8 Å². The molecule has 11 nitrogen and oxygen atoms in total. The lowest BCUT2D eigenvalue weighted by Gasteiger charge is -2.33. The summed E-state index contributed by atoms with van der Waals surface area (Å²) < 4.78 is 41.2. The molecule has 1 saturated heterocycles. The van der Waals surface area contributed by atoms with Gasteiger partial charge in [0.25, 0.3) is 0 Å². The second-order valence-corrected chi connectivity index (χ2v) is 8.92. The van der Waals surface area contributed by atoms with Crippen LogP contribution in [0.5, 0.6) is 0 Å². The number of ether oxygens (including phenoxy) is 3. The summed E-state index contributed by atoms with van der Waals surface area (Å²) in [7, 11) is -0.509. The Kier molecular flexibility index (Phi) is 8.72. The van der Waals surface area contributed by atoms with Crippen molar-refractivity contribution in [2.24, 2.45) is 5.92 Å². The molecule has 0 N–H and O–H groups in total. The van der Waals surface area contributed by atoms with Crippen molar-refractivity contribution in [1.82, 2.24) is 9.21 Å². The molecule has 1 fully saturated rings. The van der Waals surface area contributed by atoms with E-state index in [-0.39, 0.29) is 36.4 Å². The number of amides is 1. The van der Waals surface area contributed by atoms with E-state index >= 15 is 0 Å². The highest BCUT2D eigenvalue weighted by atomic mass is 32.2. The minimum Gasteiger partial charge on any atom is -0.468 e. The molecule has 0 spiro atoms. The molecule has 0 bridgehead atoms. The zero-order chi connectivity index (χ0) is 23.9. The maximum absolute atomic E-state index is 13.1. The van der Waals surface area contributed by atoms with Crippen LogP contribution in [-0.4, -0.2) is 88.9 Å². The van der Waals surface area contributed by atoms with Crippen molar-refractivity contribution in [2.75, 3.05) is 47.5 Å². The van der Waals surface area contributed by atoms with Crippen LogP contribution in [0.25, 0.3) is 0 Å². The van der Waals surface area contributed by atoms with Crippen molar-refractivity contribution in [2.45, 2.75) is 17.7 Å². The summed E-state index contributed by atoms with van der Waals surface area (Å²) in [5.74, 6) is -3.21. The van der Waals surface area contributed by atoms with E-state index in [1.165, 1.54) is 42.8 Å². The molecule has 12 heteroatoms. The number of piperidine rings is 1. The van der Waals surface area contributed by atoms with Gasteiger partial charge in [0.2, 0.25) is 15.9 Å². The van der Waals surface area contributed by atoms with E-state index in [0.717, 1.165) is 12.0 Å². The lowest BCUT2D eigenvalue weighted by atomic mass is 9.96. The van der Waals surface area contributed by atoms with Crippen molar-refractivity contribution >= 4 is 33.8 Å². The first-order valence-electron chi connectivity index (χ1n) is 9.75. The average Bonchev–Trinajstić information content (AvgIpc) is 2.82. The number of hydrogen-bond acceptors (Lipinski definition) is 9. The monoisotopic (exact) mass is 470 g/mol. The third-order valence-corrected chi connectivity index (χ3v) is 7.08. The second kappa shape index (κ2) is 11.0. The smallest absolute Gasteiger partial charge is 0.339 e. The van der Waals surface area contributed by atoms with Gasteiger partial charge in [0.05, 0.1) is 31.8 Å². The van der Waals surface area contributed by atoms with E-state index in [0.29, 0.717) is 0 Å². The molecular formula is C20H26N2O9S. The Morgan fingerprint density at radius 2 is 1.47 bits per heavy atom. The second-order valence-electron chi connectivity index (χ2n) is 7.01. The van der Waals surface area contributed by atoms with E-state index in [9.17, 15) is 27.6 Å². The van der Waals surface area contributed by atoms with Crippen LogP contribution in [0.3, 0.4) is 0 Å². The van der Waals surface area contributed by atoms with Crippen molar-refractivity contribution in [3.8, 4) is 0 Å². The van der Waals surface area contributed by atoms with Crippen LogP contribution in [0, 0.1) is 5.92 Å². The molecule has 1 aliphatic rings. The summed E-state index contributed by atoms with van der Waals surface area (Å²) in [5, 5.41) is 0. The maximum atomic E-state index is 13.1. The third-order valence-electron chi connectivity index (χ3n) is 5.12. The number of nitrogens with zero attached hydrogens (tertiary/aromatic N) is 2. The summed E-state index contributed by atoms with van der Waals surface area (Å²) in [4.78, 5) is 49.0. The molecule has 176 valence electrons. The fourth-order valence-electron chi connectivity index (χ4n) is 3.36. The van der Waals surface area contributed by atoms with Gasteiger partial charge in [-0.3, -0.25) is 14.4 Å². The molecule has 0 radical (unpaired) electrons. The largest absolute Gasteiger partial charge is 0.468 e. The molecular weight excluding hydrogens is 444 g/mol. The fourth-order valence-corrected chi connectivity index (χ4v) is 5.01. The zero-order valence-corrected chi connectivity index (χ0v) is 18.9. The minimum absolute atomic E-state index is 0.0263. The first-order valence-corrected chi connectivity index (χ1v) is 11.2. The van der Waals surface area contributed by atoms with Gasteiger partial charge in [0, 0.05) is 19.0 Å². The van der Waals surface area contributed by atoms with Gasteiger partial charge < -0.3 is 19.1 Å². The van der Waals surface area contributed by atoms with Crippen LogP contribution in [0.1, 0.15) is 23.2 Å². The summed E-state index contributed by atoms with van der Waals surface area (Å²) in [6.07, 6.45) is 0.356. The van der Waals surface area contributed by atoms with Gasteiger partial charge in [-0.25, -0.2) is 13.2 Å². The summed E-state index contributed by atoms with van der Waals surface area (Å²) in [6, 6.07) is 5.74. The number of methoxy groups -OCH3 is 3. The van der Waals surface area contributed by atoms with Crippen molar-refractivity contribution in [3.63, 3.8) is 0 Å². The molecule has 1 aliphatic heterocycles. The van der Waals surface area contributed by atoms with Crippen LogP contribution < -0.4 is 0 Å². The highest BCUT2D eigenvalue weighted by Gasteiger charge is 2.36. The van der Waals surface area contributed by atoms with Gasteiger partial charge in [-0.1, -0.05) is 12.1 Å². The number of sulfonamides is 1. The molecule has 0 aliphatic carbocycles. The molecule has 1 aromatic carbocycles. The summed E-state index contributed by atoms with van der Waals surface area (Å²) in [6.45, 7) is -0.790. The molecule has 1 heterocycles. The Balaban J connectivity index is 2.14. The van der Waals surface area contributed by atoms with Crippen LogP contribution in [0.15, 0.2) is 29.2 Å². The number of rotatable bonds is 8. The Bertz CT molecular complexity index is 951. The average molecular weight is 471 g/mol. The van der Waals surface area contributed by atoms with Crippen molar-refractivity contribution in [1.29, 1.82) is 0 Å². The summed E-state index contributed by atoms with van der Waals surface area (Å²) >= 11 is 0. The quantitative estimate of drug-likeness (QED) is 0.381. The molecule has 0 aromatic heterocycles. The first-order chi connectivity index (χ1) is 15.1. The van der Waals surface area contributed by atoms with Crippen LogP contribution in [0.4, 0.5) is 0 Å². The standard InChI is InChI=1S/C20H26N2O9S/c1-29-17(23)12-21(13-18(24)30-2)19(25)14-8-10-22(11-9-14)32(27,28)16-7-5-4-6-15(16)20(26)31-3/h4-7,14H,8-13H2,1-3H3. The number of benzene rings is 1. The Morgan fingerprint density at radius 1 is 0.938 bits per heavy atom. The third kappa shape index (κ3) is 5.82. The van der Waals surface area contributed by atoms with E-state index in [1.54, 1.807) is 0 Å². The van der Waals surface area contributed by atoms with Gasteiger partial charge in [-0.05, 0) is 25.0 Å². The molecule has 1 amide bonds. The fraction of sp³-hybridized carbons (Fsp3) is 0.500.